The molecule has 0 aliphatic heterocycles. The van der Waals surface area contributed by atoms with Crippen LogP contribution in [0, 0.1) is 5.82 Å². The van der Waals surface area contributed by atoms with Gasteiger partial charge in [0, 0.05) is 17.5 Å². The average Bonchev–Trinajstić information content (AvgIpc) is 2.21. The lowest BCUT2D eigenvalue weighted by atomic mass is 10.1. The number of benzene rings is 1. The number of rotatable bonds is 4. The SMILES string of the molecule is CC(C)NCC(O)c1cc(F)c(S)c(S)c1. The van der Waals surface area contributed by atoms with Crippen LogP contribution in [0.25, 0.3) is 0 Å². The van der Waals surface area contributed by atoms with Crippen molar-refractivity contribution in [2.45, 2.75) is 35.8 Å². The highest BCUT2D eigenvalue weighted by atomic mass is 32.1. The summed E-state index contributed by atoms with van der Waals surface area (Å²) in [6, 6.07) is 3.19. The highest BCUT2D eigenvalue weighted by Gasteiger charge is 2.12. The van der Waals surface area contributed by atoms with E-state index in [0.717, 1.165) is 0 Å². The normalized spacial score (nSPS) is 13.2. The zero-order chi connectivity index (χ0) is 12.3. The van der Waals surface area contributed by atoms with Crippen LogP contribution >= 0.6 is 25.3 Å². The van der Waals surface area contributed by atoms with E-state index in [9.17, 15) is 9.50 Å². The fourth-order valence-electron chi connectivity index (χ4n) is 1.26. The highest BCUT2D eigenvalue weighted by Crippen LogP contribution is 2.26. The van der Waals surface area contributed by atoms with Gasteiger partial charge in [-0.2, -0.15) is 0 Å². The van der Waals surface area contributed by atoms with Crippen molar-refractivity contribution in [3.8, 4) is 0 Å². The van der Waals surface area contributed by atoms with Crippen LogP contribution in [0.1, 0.15) is 25.5 Å². The molecule has 0 bridgehead atoms. The van der Waals surface area contributed by atoms with E-state index >= 15 is 0 Å². The van der Waals surface area contributed by atoms with E-state index in [1.807, 2.05) is 13.8 Å². The van der Waals surface area contributed by atoms with Gasteiger partial charge in [0.2, 0.25) is 0 Å². The van der Waals surface area contributed by atoms with Gasteiger partial charge in [-0.15, -0.1) is 25.3 Å². The minimum atomic E-state index is -0.739. The standard InChI is InChI=1S/C11H16FNOS2/c1-6(2)13-5-9(14)7-3-8(12)11(16)10(15)4-7/h3-4,6,9,13-16H,5H2,1-2H3. The van der Waals surface area contributed by atoms with E-state index in [2.05, 4.69) is 30.6 Å². The predicted octanol–water partition coefficient (Wildman–Crippen LogP) is 2.43. The lowest BCUT2D eigenvalue weighted by Crippen LogP contribution is -2.27. The van der Waals surface area contributed by atoms with Gasteiger partial charge in [0.15, 0.2) is 0 Å². The molecule has 5 heteroatoms. The first-order chi connectivity index (χ1) is 7.41. The van der Waals surface area contributed by atoms with E-state index < -0.39 is 11.9 Å². The monoisotopic (exact) mass is 261 g/mol. The second kappa shape index (κ2) is 5.91. The van der Waals surface area contributed by atoms with Crippen molar-refractivity contribution in [1.29, 1.82) is 0 Å². The third-order valence-corrected chi connectivity index (χ3v) is 3.15. The van der Waals surface area contributed by atoms with Crippen LogP contribution in [0.3, 0.4) is 0 Å². The summed E-state index contributed by atoms with van der Waals surface area (Å²) in [5.41, 5.74) is 0.508. The molecular formula is C11H16FNOS2. The molecule has 0 spiro atoms. The summed E-state index contributed by atoms with van der Waals surface area (Å²) in [5, 5.41) is 12.9. The van der Waals surface area contributed by atoms with Gasteiger partial charge in [0.1, 0.15) is 5.82 Å². The van der Waals surface area contributed by atoms with Gasteiger partial charge in [-0.05, 0) is 17.7 Å². The van der Waals surface area contributed by atoms with Crippen LogP contribution in [-0.2, 0) is 0 Å². The van der Waals surface area contributed by atoms with Crippen LogP contribution in [0.2, 0.25) is 0 Å². The Morgan fingerprint density at radius 2 is 2.00 bits per heavy atom. The molecule has 1 unspecified atom stereocenters. The fourth-order valence-corrected chi connectivity index (χ4v) is 1.65. The van der Waals surface area contributed by atoms with Crippen molar-refractivity contribution < 1.29 is 9.50 Å². The summed E-state index contributed by atoms with van der Waals surface area (Å²) in [4.78, 5) is 0.637. The summed E-state index contributed by atoms with van der Waals surface area (Å²) in [6.07, 6.45) is -0.739. The van der Waals surface area contributed by atoms with Gasteiger partial charge in [-0.3, -0.25) is 0 Å². The third-order valence-electron chi connectivity index (χ3n) is 2.17. The van der Waals surface area contributed by atoms with Gasteiger partial charge in [0.05, 0.1) is 11.0 Å². The van der Waals surface area contributed by atoms with E-state index in [-0.39, 0.29) is 10.9 Å². The van der Waals surface area contributed by atoms with Gasteiger partial charge in [0.25, 0.3) is 0 Å². The molecule has 0 amide bonds. The maximum atomic E-state index is 13.3. The van der Waals surface area contributed by atoms with Crippen molar-refractivity contribution in [3.05, 3.63) is 23.5 Å². The maximum Gasteiger partial charge on any atom is 0.137 e. The quantitative estimate of drug-likeness (QED) is 0.628. The second-order valence-corrected chi connectivity index (χ2v) is 4.88. The molecule has 0 aliphatic rings. The minimum absolute atomic E-state index is 0.205. The molecule has 0 radical (unpaired) electrons. The van der Waals surface area contributed by atoms with Gasteiger partial charge in [-0.1, -0.05) is 13.8 Å². The van der Waals surface area contributed by atoms with Crippen molar-refractivity contribution >= 4 is 25.3 Å². The lowest BCUT2D eigenvalue weighted by Gasteiger charge is -2.15. The maximum absolute atomic E-state index is 13.3. The molecule has 1 aromatic carbocycles. The number of hydrogen-bond acceptors (Lipinski definition) is 4. The molecule has 0 saturated carbocycles. The van der Waals surface area contributed by atoms with E-state index in [4.69, 9.17) is 0 Å². The van der Waals surface area contributed by atoms with Gasteiger partial charge < -0.3 is 10.4 Å². The molecule has 1 aromatic rings. The Balaban J connectivity index is 2.80. The first-order valence-electron chi connectivity index (χ1n) is 5.04. The van der Waals surface area contributed by atoms with Crippen LogP contribution in [0.4, 0.5) is 4.39 Å². The molecule has 0 saturated heterocycles. The number of aliphatic hydroxyl groups excluding tert-OH is 1. The van der Waals surface area contributed by atoms with Crippen molar-refractivity contribution in [2.24, 2.45) is 0 Å². The number of thiol groups is 2. The molecule has 2 nitrogen and oxygen atoms in total. The lowest BCUT2D eigenvalue weighted by molar-refractivity contribution is 0.171. The largest absolute Gasteiger partial charge is 0.387 e. The number of nitrogens with one attached hydrogen (secondary N) is 1. The predicted molar refractivity (Wildman–Crippen MR) is 69.0 cm³/mol. The zero-order valence-electron chi connectivity index (χ0n) is 9.24. The Labute approximate surface area is 106 Å². The Kier molecular flexibility index (Phi) is 5.11. The topological polar surface area (TPSA) is 32.3 Å². The second-order valence-electron chi connectivity index (χ2n) is 3.95. The molecule has 16 heavy (non-hydrogen) atoms. The summed E-state index contributed by atoms with van der Waals surface area (Å²) >= 11 is 8.06. The Bertz CT molecular complexity index is 348. The molecule has 1 atom stereocenters. The third kappa shape index (κ3) is 3.66. The number of hydrogen-bond donors (Lipinski definition) is 4. The minimum Gasteiger partial charge on any atom is -0.387 e. The van der Waals surface area contributed by atoms with Crippen LogP contribution in [0.15, 0.2) is 21.9 Å². The van der Waals surface area contributed by atoms with E-state index in [0.29, 0.717) is 17.0 Å². The smallest absolute Gasteiger partial charge is 0.137 e. The highest BCUT2D eigenvalue weighted by molar-refractivity contribution is 7.83. The average molecular weight is 261 g/mol. The van der Waals surface area contributed by atoms with Crippen molar-refractivity contribution in [3.63, 3.8) is 0 Å². The van der Waals surface area contributed by atoms with Crippen LogP contribution in [-0.4, -0.2) is 17.7 Å². The number of halogens is 1. The summed E-state index contributed by atoms with van der Waals surface area (Å²) in [6.45, 7) is 4.35. The Morgan fingerprint density at radius 3 is 2.50 bits per heavy atom. The molecule has 1 rings (SSSR count). The van der Waals surface area contributed by atoms with Crippen molar-refractivity contribution in [1.82, 2.24) is 5.32 Å². The van der Waals surface area contributed by atoms with E-state index in [1.54, 1.807) is 6.07 Å². The summed E-state index contributed by atoms with van der Waals surface area (Å²) in [5.74, 6) is -0.463. The summed E-state index contributed by atoms with van der Waals surface area (Å²) in [7, 11) is 0. The zero-order valence-corrected chi connectivity index (χ0v) is 11.0. The molecule has 0 heterocycles. The molecule has 0 aliphatic carbocycles. The van der Waals surface area contributed by atoms with Gasteiger partial charge >= 0.3 is 0 Å². The Hall–Kier alpha value is -0.230. The molecule has 0 aromatic heterocycles. The number of aliphatic hydroxyl groups is 1. The van der Waals surface area contributed by atoms with Crippen LogP contribution < -0.4 is 5.32 Å². The summed E-state index contributed by atoms with van der Waals surface area (Å²) < 4.78 is 13.3. The Morgan fingerprint density at radius 1 is 1.38 bits per heavy atom. The fraction of sp³-hybridized carbons (Fsp3) is 0.455. The molecule has 0 fully saturated rings. The first kappa shape index (κ1) is 13.8. The molecule has 2 N–H and O–H groups in total. The molecular weight excluding hydrogens is 245 g/mol. The van der Waals surface area contributed by atoms with E-state index in [1.165, 1.54) is 6.07 Å². The van der Waals surface area contributed by atoms with Crippen LogP contribution in [0.5, 0.6) is 0 Å². The van der Waals surface area contributed by atoms with Crippen molar-refractivity contribution in [2.75, 3.05) is 6.54 Å². The van der Waals surface area contributed by atoms with Gasteiger partial charge in [-0.25, -0.2) is 4.39 Å². The molecule has 90 valence electrons. The first-order valence-corrected chi connectivity index (χ1v) is 5.94.